The smallest absolute Gasteiger partial charge is 0.237 e. The van der Waals surface area contributed by atoms with Gasteiger partial charge in [-0.2, -0.15) is 0 Å². The Kier molecular flexibility index (Phi) is 5.50. The maximum atomic E-state index is 12.6. The molecule has 0 spiro atoms. The number of benzene rings is 2. The first kappa shape index (κ1) is 20.0. The SMILES string of the molecule is CCn1c2ccccc2c2nnc(S[C@@H](C)C(=O)Nc3ccc(C(C)=O)cc3)nc21. The van der Waals surface area contributed by atoms with Crippen LogP contribution in [0.2, 0.25) is 0 Å². The van der Waals surface area contributed by atoms with Crippen molar-refractivity contribution >= 4 is 51.2 Å². The van der Waals surface area contributed by atoms with E-state index in [0.717, 1.165) is 28.6 Å². The van der Waals surface area contributed by atoms with Gasteiger partial charge in [0.15, 0.2) is 11.4 Å². The molecule has 4 rings (SSSR count). The van der Waals surface area contributed by atoms with E-state index in [-0.39, 0.29) is 11.7 Å². The van der Waals surface area contributed by atoms with E-state index in [1.54, 1.807) is 31.2 Å². The van der Waals surface area contributed by atoms with Crippen molar-refractivity contribution in [3.8, 4) is 0 Å². The molecule has 1 amide bonds. The number of hydrogen-bond acceptors (Lipinski definition) is 6. The minimum absolute atomic E-state index is 0.0127. The maximum absolute atomic E-state index is 12.6. The number of Topliss-reactive ketones (excluding diaryl/α,β-unsaturated/α-hetero) is 1. The van der Waals surface area contributed by atoms with E-state index in [1.165, 1.54) is 18.7 Å². The number of aryl methyl sites for hydroxylation is 1. The number of para-hydroxylation sites is 1. The van der Waals surface area contributed by atoms with E-state index >= 15 is 0 Å². The van der Waals surface area contributed by atoms with Crippen LogP contribution in [-0.4, -0.2) is 36.7 Å². The molecule has 0 unspecified atom stereocenters. The second kappa shape index (κ2) is 8.23. The van der Waals surface area contributed by atoms with E-state index in [4.69, 9.17) is 0 Å². The van der Waals surface area contributed by atoms with Crippen molar-refractivity contribution in [2.45, 2.75) is 37.7 Å². The van der Waals surface area contributed by atoms with Crippen LogP contribution in [-0.2, 0) is 11.3 Å². The molecule has 0 bridgehead atoms. The molecule has 8 heteroatoms. The number of aromatic nitrogens is 4. The lowest BCUT2D eigenvalue weighted by Gasteiger charge is -2.11. The van der Waals surface area contributed by atoms with Gasteiger partial charge >= 0.3 is 0 Å². The molecule has 1 N–H and O–H groups in total. The Bertz CT molecular complexity index is 1250. The molecule has 4 aromatic rings. The summed E-state index contributed by atoms with van der Waals surface area (Å²) in [5, 5.41) is 12.5. The summed E-state index contributed by atoms with van der Waals surface area (Å²) in [6.07, 6.45) is 0. The van der Waals surface area contributed by atoms with Gasteiger partial charge in [-0.05, 0) is 51.1 Å². The number of fused-ring (bicyclic) bond motifs is 3. The number of amides is 1. The third-order valence-corrected chi connectivity index (χ3v) is 5.83. The lowest BCUT2D eigenvalue weighted by atomic mass is 10.1. The number of hydrogen-bond donors (Lipinski definition) is 1. The Balaban J connectivity index is 1.53. The fourth-order valence-electron chi connectivity index (χ4n) is 3.30. The van der Waals surface area contributed by atoms with Crippen molar-refractivity contribution in [1.29, 1.82) is 0 Å². The molecule has 152 valence electrons. The maximum Gasteiger partial charge on any atom is 0.237 e. The fraction of sp³-hybridized carbons (Fsp3) is 0.227. The molecule has 0 radical (unpaired) electrons. The highest BCUT2D eigenvalue weighted by atomic mass is 32.2. The molecule has 0 saturated heterocycles. The van der Waals surface area contributed by atoms with Crippen LogP contribution in [0.5, 0.6) is 0 Å². The number of ketones is 1. The van der Waals surface area contributed by atoms with Crippen LogP contribution in [0, 0.1) is 0 Å². The Morgan fingerprint density at radius 3 is 2.53 bits per heavy atom. The summed E-state index contributed by atoms with van der Waals surface area (Å²) in [6, 6.07) is 14.8. The predicted octanol–water partition coefficient (Wildman–Crippen LogP) is 4.32. The molecular weight excluding hydrogens is 398 g/mol. The van der Waals surface area contributed by atoms with Gasteiger partial charge in [0, 0.05) is 23.2 Å². The third kappa shape index (κ3) is 3.78. The normalized spacial score (nSPS) is 12.2. The number of thioether (sulfide) groups is 1. The monoisotopic (exact) mass is 419 g/mol. The molecule has 2 aromatic heterocycles. The summed E-state index contributed by atoms with van der Waals surface area (Å²) in [5.41, 5.74) is 3.84. The molecule has 0 fully saturated rings. The van der Waals surface area contributed by atoms with Gasteiger partial charge < -0.3 is 9.88 Å². The highest BCUT2D eigenvalue weighted by Crippen LogP contribution is 2.28. The lowest BCUT2D eigenvalue weighted by Crippen LogP contribution is -2.22. The van der Waals surface area contributed by atoms with Gasteiger partial charge in [0.2, 0.25) is 11.1 Å². The minimum Gasteiger partial charge on any atom is -0.325 e. The number of carbonyl (C=O) groups excluding carboxylic acids is 2. The van der Waals surface area contributed by atoms with Crippen molar-refractivity contribution in [3.05, 3.63) is 54.1 Å². The molecule has 1 atom stereocenters. The second-order valence-electron chi connectivity index (χ2n) is 6.91. The second-order valence-corrected chi connectivity index (χ2v) is 8.22. The van der Waals surface area contributed by atoms with Crippen LogP contribution in [0.4, 0.5) is 5.69 Å². The third-order valence-electron chi connectivity index (χ3n) is 4.88. The molecule has 0 aliphatic rings. The first-order valence-corrected chi connectivity index (χ1v) is 10.6. The van der Waals surface area contributed by atoms with Crippen molar-refractivity contribution in [2.75, 3.05) is 5.32 Å². The highest BCUT2D eigenvalue weighted by Gasteiger charge is 2.19. The first-order valence-electron chi connectivity index (χ1n) is 9.68. The van der Waals surface area contributed by atoms with Crippen molar-refractivity contribution in [1.82, 2.24) is 19.7 Å². The molecular formula is C22H21N5O2S. The number of nitrogens with one attached hydrogen (secondary N) is 1. The molecule has 2 heterocycles. The van der Waals surface area contributed by atoms with Gasteiger partial charge in [0.1, 0.15) is 5.52 Å². The average Bonchev–Trinajstić information content (AvgIpc) is 3.07. The van der Waals surface area contributed by atoms with E-state index in [1.807, 2.05) is 24.3 Å². The van der Waals surface area contributed by atoms with Gasteiger partial charge in [-0.3, -0.25) is 9.59 Å². The largest absolute Gasteiger partial charge is 0.325 e. The summed E-state index contributed by atoms with van der Waals surface area (Å²) < 4.78 is 2.10. The first-order chi connectivity index (χ1) is 14.5. The van der Waals surface area contributed by atoms with Gasteiger partial charge in [-0.15, -0.1) is 10.2 Å². The van der Waals surface area contributed by atoms with E-state index < -0.39 is 5.25 Å². The van der Waals surface area contributed by atoms with Crippen LogP contribution in [0.1, 0.15) is 31.1 Å². The fourth-order valence-corrected chi connectivity index (χ4v) is 4.01. The van der Waals surface area contributed by atoms with Crippen LogP contribution < -0.4 is 5.32 Å². The van der Waals surface area contributed by atoms with Gasteiger partial charge in [0.05, 0.1) is 10.8 Å². The van der Waals surface area contributed by atoms with Crippen LogP contribution in [0.3, 0.4) is 0 Å². The topological polar surface area (TPSA) is 89.8 Å². The van der Waals surface area contributed by atoms with Crippen molar-refractivity contribution in [3.63, 3.8) is 0 Å². The Hall–Kier alpha value is -3.26. The highest BCUT2D eigenvalue weighted by molar-refractivity contribution is 8.00. The number of carbonyl (C=O) groups is 2. The van der Waals surface area contributed by atoms with Crippen LogP contribution >= 0.6 is 11.8 Å². The van der Waals surface area contributed by atoms with E-state index in [9.17, 15) is 9.59 Å². The number of anilines is 1. The Morgan fingerprint density at radius 2 is 1.83 bits per heavy atom. The van der Waals surface area contributed by atoms with Crippen molar-refractivity contribution < 1.29 is 9.59 Å². The lowest BCUT2D eigenvalue weighted by molar-refractivity contribution is -0.115. The summed E-state index contributed by atoms with van der Waals surface area (Å²) >= 11 is 1.26. The van der Waals surface area contributed by atoms with E-state index in [0.29, 0.717) is 16.4 Å². The van der Waals surface area contributed by atoms with Gasteiger partial charge in [-0.1, -0.05) is 30.0 Å². The van der Waals surface area contributed by atoms with Crippen molar-refractivity contribution in [2.24, 2.45) is 0 Å². The standard InChI is InChI=1S/C22H21N5O2S/c1-4-27-18-8-6-5-7-17(18)19-20(27)24-22(26-25-19)30-14(3)21(29)23-16-11-9-15(10-12-16)13(2)28/h5-12,14H,4H2,1-3H3,(H,23,29)/t14-/m0/s1. The predicted molar refractivity (Wildman–Crippen MR) is 119 cm³/mol. The zero-order valence-corrected chi connectivity index (χ0v) is 17.7. The van der Waals surface area contributed by atoms with Crippen LogP contribution in [0.25, 0.3) is 22.1 Å². The van der Waals surface area contributed by atoms with Gasteiger partial charge in [0.25, 0.3) is 0 Å². The van der Waals surface area contributed by atoms with E-state index in [2.05, 4.69) is 32.0 Å². The minimum atomic E-state index is -0.420. The molecule has 2 aromatic carbocycles. The molecule has 0 aliphatic heterocycles. The Labute approximate surface area is 177 Å². The number of rotatable bonds is 6. The summed E-state index contributed by atoms with van der Waals surface area (Å²) in [5.74, 6) is -0.184. The zero-order valence-electron chi connectivity index (χ0n) is 16.9. The summed E-state index contributed by atoms with van der Waals surface area (Å²) in [7, 11) is 0. The quantitative estimate of drug-likeness (QED) is 0.370. The average molecular weight is 420 g/mol. The summed E-state index contributed by atoms with van der Waals surface area (Å²) in [6.45, 7) is 6.13. The van der Waals surface area contributed by atoms with Crippen LogP contribution in [0.15, 0.2) is 53.7 Å². The molecule has 7 nitrogen and oxygen atoms in total. The zero-order chi connectivity index (χ0) is 21.3. The molecule has 30 heavy (non-hydrogen) atoms. The number of nitrogens with zero attached hydrogens (tertiary/aromatic N) is 4. The van der Waals surface area contributed by atoms with Gasteiger partial charge in [-0.25, -0.2) is 4.98 Å². The molecule has 0 saturated carbocycles. The molecule has 0 aliphatic carbocycles. The Morgan fingerprint density at radius 1 is 1.10 bits per heavy atom. The summed E-state index contributed by atoms with van der Waals surface area (Å²) in [4.78, 5) is 28.6.